The van der Waals surface area contributed by atoms with Gasteiger partial charge in [-0.2, -0.15) is 5.10 Å². The monoisotopic (exact) mass is 394 g/mol. The summed E-state index contributed by atoms with van der Waals surface area (Å²) in [5, 5.41) is 4.05. The van der Waals surface area contributed by atoms with Gasteiger partial charge in [-0.25, -0.2) is 0 Å². The minimum absolute atomic E-state index is 0.0443. The van der Waals surface area contributed by atoms with Crippen LogP contribution in [0.1, 0.15) is 11.1 Å². The van der Waals surface area contributed by atoms with Crippen molar-refractivity contribution < 1.29 is 22.7 Å². The molecule has 6 nitrogen and oxygen atoms in total. The van der Waals surface area contributed by atoms with Gasteiger partial charge in [-0.15, -0.1) is 13.2 Å². The lowest BCUT2D eigenvalue weighted by atomic mass is 10.2. The first-order chi connectivity index (χ1) is 13.3. The Morgan fingerprint density at radius 2 is 1.86 bits per heavy atom. The van der Waals surface area contributed by atoms with E-state index in [0.717, 1.165) is 11.1 Å². The van der Waals surface area contributed by atoms with Crippen LogP contribution in [0.4, 0.5) is 13.2 Å². The molecular formula is C19H21F3N4O2. The van der Waals surface area contributed by atoms with E-state index >= 15 is 0 Å². The molecule has 1 aliphatic rings. The van der Waals surface area contributed by atoms with Gasteiger partial charge in [-0.3, -0.25) is 14.4 Å². The molecule has 1 aromatic carbocycles. The first-order valence-corrected chi connectivity index (χ1v) is 8.81. The Hall–Kier alpha value is -2.81. The number of hydrogen-bond acceptors (Lipinski definition) is 4. The van der Waals surface area contributed by atoms with Crippen molar-refractivity contribution in [3.05, 3.63) is 53.9 Å². The Morgan fingerprint density at radius 3 is 2.43 bits per heavy atom. The molecule has 0 radical (unpaired) electrons. The molecule has 0 saturated carbocycles. The van der Waals surface area contributed by atoms with Crippen molar-refractivity contribution in [3.8, 4) is 5.75 Å². The molecule has 1 saturated heterocycles. The average Bonchev–Trinajstić information content (AvgIpc) is 3.06. The Labute approximate surface area is 160 Å². The van der Waals surface area contributed by atoms with Gasteiger partial charge in [0.05, 0.1) is 6.20 Å². The predicted molar refractivity (Wildman–Crippen MR) is 97.2 cm³/mol. The van der Waals surface area contributed by atoms with E-state index in [-0.39, 0.29) is 11.7 Å². The quantitative estimate of drug-likeness (QED) is 0.732. The van der Waals surface area contributed by atoms with Crippen LogP contribution >= 0.6 is 0 Å². The molecule has 1 fully saturated rings. The maximum atomic E-state index is 12.3. The van der Waals surface area contributed by atoms with E-state index in [9.17, 15) is 18.0 Å². The van der Waals surface area contributed by atoms with Gasteiger partial charge in [0, 0.05) is 57.6 Å². The van der Waals surface area contributed by atoms with Crippen LogP contribution < -0.4 is 4.74 Å². The maximum Gasteiger partial charge on any atom is 0.573 e. The van der Waals surface area contributed by atoms with Crippen LogP contribution in [0.15, 0.2) is 42.7 Å². The van der Waals surface area contributed by atoms with Gasteiger partial charge in [-0.1, -0.05) is 12.1 Å². The van der Waals surface area contributed by atoms with Crippen molar-refractivity contribution in [3.63, 3.8) is 0 Å². The fourth-order valence-corrected chi connectivity index (χ4v) is 2.98. The Kier molecular flexibility index (Phi) is 6.03. The van der Waals surface area contributed by atoms with Gasteiger partial charge >= 0.3 is 6.36 Å². The highest BCUT2D eigenvalue weighted by atomic mass is 19.4. The van der Waals surface area contributed by atoms with Gasteiger partial charge in [0.2, 0.25) is 5.91 Å². The minimum atomic E-state index is -4.68. The lowest BCUT2D eigenvalue weighted by Gasteiger charge is -2.34. The van der Waals surface area contributed by atoms with E-state index in [0.29, 0.717) is 32.7 Å². The number of carbonyl (C=O) groups excluding carboxylic acids is 1. The standard InChI is InChI=1S/C19H21F3N4O2/c1-24-13-16(12-23-24)4-7-18(27)26-10-8-25(9-11-26)14-15-2-5-17(6-3-15)28-19(20,21)22/h2-7,12-13H,8-11,14H2,1H3. The summed E-state index contributed by atoms with van der Waals surface area (Å²) < 4.78 is 42.1. The lowest BCUT2D eigenvalue weighted by Crippen LogP contribution is -2.47. The van der Waals surface area contributed by atoms with Gasteiger partial charge in [0.25, 0.3) is 0 Å². The zero-order valence-corrected chi connectivity index (χ0v) is 15.4. The summed E-state index contributed by atoms with van der Waals surface area (Å²) >= 11 is 0. The van der Waals surface area contributed by atoms with Crippen molar-refractivity contribution >= 4 is 12.0 Å². The Balaban J connectivity index is 1.46. The van der Waals surface area contributed by atoms with Crippen molar-refractivity contribution in [2.75, 3.05) is 26.2 Å². The molecule has 3 rings (SSSR count). The van der Waals surface area contributed by atoms with Gasteiger partial charge in [-0.05, 0) is 23.8 Å². The van der Waals surface area contributed by atoms with Gasteiger partial charge in [0.1, 0.15) is 5.75 Å². The molecule has 9 heteroatoms. The van der Waals surface area contributed by atoms with Crippen molar-refractivity contribution in [1.29, 1.82) is 0 Å². The summed E-state index contributed by atoms with van der Waals surface area (Å²) in [5.41, 5.74) is 1.76. The molecule has 1 aromatic heterocycles. The first kappa shape index (κ1) is 19.9. The highest BCUT2D eigenvalue weighted by Gasteiger charge is 2.31. The Morgan fingerprint density at radius 1 is 1.18 bits per heavy atom. The number of benzene rings is 1. The number of rotatable bonds is 5. The zero-order chi connectivity index (χ0) is 20.1. The summed E-state index contributed by atoms with van der Waals surface area (Å²) in [6, 6.07) is 5.86. The Bertz CT molecular complexity index is 822. The molecule has 0 atom stereocenters. The normalized spacial score (nSPS) is 15.9. The molecule has 0 N–H and O–H groups in total. The molecular weight excluding hydrogens is 373 g/mol. The number of hydrogen-bond donors (Lipinski definition) is 0. The van der Waals surface area contributed by atoms with Crippen LogP contribution in [0, 0.1) is 0 Å². The average molecular weight is 394 g/mol. The molecule has 1 amide bonds. The number of nitrogens with zero attached hydrogens (tertiary/aromatic N) is 4. The van der Waals surface area contributed by atoms with Crippen LogP contribution in [0.2, 0.25) is 0 Å². The smallest absolute Gasteiger partial charge is 0.406 e. The molecule has 0 bridgehead atoms. The van der Waals surface area contributed by atoms with E-state index in [4.69, 9.17) is 0 Å². The van der Waals surface area contributed by atoms with Crippen molar-refractivity contribution in [2.45, 2.75) is 12.9 Å². The topological polar surface area (TPSA) is 50.6 Å². The molecule has 150 valence electrons. The second kappa shape index (κ2) is 8.47. The fourth-order valence-electron chi connectivity index (χ4n) is 2.98. The second-order valence-electron chi connectivity index (χ2n) is 6.57. The van der Waals surface area contributed by atoms with Gasteiger partial charge < -0.3 is 9.64 Å². The lowest BCUT2D eigenvalue weighted by molar-refractivity contribution is -0.274. The van der Waals surface area contributed by atoms with Crippen LogP contribution in [-0.4, -0.2) is 58.0 Å². The summed E-state index contributed by atoms with van der Waals surface area (Å²) in [4.78, 5) is 16.2. The van der Waals surface area contributed by atoms with Crippen molar-refractivity contribution in [1.82, 2.24) is 19.6 Å². The third kappa shape index (κ3) is 5.85. The van der Waals surface area contributed by atoms with E-state index in [1.807, 2.05) is 13.2 Å². The molecule has 2 heterocycles. The van der Waals surface area contributed by atoms with E-state index < -0.39 is 6.36 Å². The number of amides is 1. The largest absolute Gasteiger partial charge is 0.573 e. The second-order valence-corrected chi connectivity index (χ2v) is 6.57. The number of piperazine rings is 1. The van der Waals surface area contributed by atoms with Gasteiger partial charge in [0.15, 0.2) is 0 Å². The van der Waals surface area contributed by atoms with E-state index in [2.05, 4.69) is 14.7 Å². The van der Waals surface area contributed by atoms with Crippen LogP contribution in [0.5, 0.6) is 5.75 Å². The highest BCUT2D eigenvalue weighted by Crippen LogP contribution is 2.23. The number of aromatic nitrogens is 2. The molecule has 0 unspecified atom stereocenters. The summed E-state index contributed by atoms with van der Waals surface area (Å²) in [6.45, 7) is 3.22. The first-order valence-electron chi connectivity index (χ1n) is 8.81. The number of aryl methyl sites for hydroxylation is 1. The highest BCUT2D eigenvalue weighted by molar-refractivity contribution is 5.91. The number of carbonyl (C=O) groups is 1. The predicted octanol–water partition coefficient (Wildman–Crippen LogP) is 2.68. The number of halogens is 3. The zero-order valence-electron chi connectivity index (χ0n) is 15.4. The van der Waals surface area contributed by atoms with E-state index in [1.165, 1.54) is 12.1 Å². The fraction of sp³-hybridized carbons (Fsp3) is 0.368. The third-order valence-corrected chi connectivity index (χ3v) is 4.39. The van der Waals surface area contributed by atoms with Crippen LogP contribution in [0.25, 0.3) is 6.08 Å². The summed E-state index contributed by atoms with van der Waals surface area (Å²) in [5.74, 6) is -0.274. The third-order valence-electron chi connectivity index (χ3n) is 4.39. The molecule has 0 aliphatic carbocycles. The molecule has 0 spiro atoms. The molecule has 1 aliphatic heterocycles. The summed E-state index contributed by atoms with van der Waals surface area (Å²) in [6.07, 6.45) is 2.12. The summed E-state index contributed by atoms with van der Waals surface area (Å²) in [7, 11) is 1.81. The molecule has 2 aromatic rings. The number of alkyl halides is 3. The van der Waals surface area contributed by atoms with Crippen LogP contribution in [-0.2, 0) is 18.4 Å². The molecule has 28 heavy (non-hydrogen) atoms. The van der Waals surface area contributed by atoms with Crippen molar-refractivity contribution in [2.24, 2.45) is 7.05 Å². The number of ether oxygens (including phenoxy) is 1. The van der Waals surface area contributed by atoms with E-state index in [1.54, 1.807) is 40.1 Å². The van der Waals surface area contributed by atoms with Crippen LogP contribution in [0.3, 0.4) is 0 Å². The minimum Gasteiger partial charge on any atom is -0.406 e. The maximum absolute atomic E-state index is 12.3. The SMILES string of the molecule is Cn1cc(C=CC(=O)N2CCN(Cc3ccc(OC(F)(F)F)cc3)CC2)cn1.